The third kappa shape index (κ3) is 2.82. The van der Waals surface area contributed by atoms with Crippen molar-refractivity contribution in [2.24, 2.45) is 11.7 Å². The minimum absolute atomic E-state index is 0.0722. The van der Waals surface area contributed by atoms with Crippen LogP contribution in [0.3, 0.4) is 0 Å². The summed E-state index contributed by atoms with van der Waals surface area (Å²) in [6.07, 6.45) is 4.32. The third-order valence-electron chi connectivity index (χ3n) is 3.30. The minimum Gasteiger partial charge on any atom is -0.349 e. The van der Waals surface area contributed by atoms with E-state index in [2.05, 4.69) is 15.5 Å². The summed E-state index contributed by atoms with van der Waals surface area (Å²) < 4.78 is 1.92. The predicted octanol–water partition coefficient (Wildman–Crippen LogP) is 0.0416. The van der Waals surface area contributed by atoms with Gasteiger partial charge in [-0.25, -0.2) is 0 Å². The van der Waals surface area contributed by atoms with E-state index in [4.69, 9.17) is 5.73 Å². The first-order valence-electron chi connectivity index (χ1n) is 6.10. The molecule has 1 amide bonds. The van der Waals surface area contributed by atoms with E-state index in [0.29, 0.717) is 6.54 Å². The van der Waals surface area contributed by atoms with Crippen molar-refractivity contribution in [3.8, 4) is 0 Å². The number of hydrogen-bond donors (Lipinski definition) is 2. The molecule has 1 saturated carbocycles. The summed E-state index contributed by atoms with van der Waals surface area (Å²) in [7, 11) is 0. The second-order valence-corrected chi connectivity index (χ2v) is 4.52. The van der Waals surface area contributed by atoms with Gasteiger partial charge in [0, 0.05) is 18.5 Å². The molecule has 1 aromatic rings. The number of aromatic nitrogens is 3. The van der Waals surface area contributed by atoms with Crippen LogP contribution < -0.4 is 11.1 Å². The molecule has 17 heavy (non-hydrogen) atoms. The Balaban J connectivity index is 1.84. The molecule has 1 aliphatic rings. The Kier molecular flexibility index (Phi) is 3.73. The maximum Gasteiger partial charge on any atom is 0.223 e. The van der Waals surface area contributed by atoms with Crippen LogP contribution in [0.2, 0.25) is 0 Å². The second-order valence-electron chi connectivity index (χ2n) is 4.52. The zero-order valence-electron chi connectivity index (χ0n) is 10.1. The fraction of sp³-hybridized carbons (Fsp3) is 0.727. The molecule has 1 fully saturated rings. The zero-order chi connectivity index (χ0) is 12.3. The topological polar surface area (TPSA) is 85.8 Å². The molecule has 0 spiro atoms. The normalized spacial score (nSPS) is 23.9. The van der Waals surface area contributed by atoms with Crippen LogP contribution in [0.1, 0.15) is 32.0 Å². The van der Waals surface area contributed by atoms with Crippen LogP contribution in [0.25, 0.3) is 0 Å². The van der Waals surface area contributed by atoms with E-state index < -0.39 is 0 Å². The van der Waals surface area contributed by atoms with Crippen molar-refractivity contribution in [3.05, 3.63) is 12.2 Å². The van der Waals surface area contributed by atoms with Gasteiger partial charge >= 0.3 is 0 Å². The standard InChI is InChI=1S/C11H19N5O/c1-2-16-7-14-15-10(16)6-13-11(17)8-3-4-9(12)5-8/h7-9H,2-6,12H2,1H3,(H,13,17). The molecule has 0 saturated heterocycles. The summed E-state index contributed by atoms with van der Waals surface area (Å²) >= 11 is 0. The summed E-state index contributed by atoms with van der Waals surface area (Å²) in [5.41, 5.74) is 5.79. The molecule has 3 N–H and O–H groups in total. The SMILES string of the molecule is CCn1cnnc1CNC(=O)C1CCC(N)C1. The van der Waals surface area contributed by atoms with E-state index in [9.17, 15) is 4.79 Å². The average molecular weight is 237 g/mol. The first-order chi connectivity index (χ1) is 8.20. The Morgan fingerprint density at radius 2 is 2.47 bits per heavy atom. The first kappa shape index (κ1) is 12.0. The van der Waals surface area contributed by atoms with E-state index in [-0.39, 0.29) is 17.9 Å². The molecule has 0 bridgehead atoms. The van der Waals surface area contributed by atoms with Gasteiger partial charge in [0.2, 0.25) is 5.91 Å². The van der Waals surface area contributed by atoms with Crippen molar-refractivity contribution in [2.75, 3.05) is 0 Å². The van der Waals surface area contributed by atoms with Gasteiger partial charge < -0.3 is 15.6 Å². The number of nitrogens with two attached hydrogens (primary N) is 1. The van der Waals surface area contributed by atoms with Crippen LogP contribution in [0.15, 0.2) is 6.33 Å². The molecular weight excluding hydrogens is 218 g/mol. The van der Waals surface area contributed by atoms with Gasteiger partial charge in [0.05, 0.1) is 6.54 Å². The van der Waals surface area contributed by atoms with Crippen molar-refractivity contribution in [1.29, 1.82) is 0 Å². The van der Waals surface area contributed by atoms with Crippen LogP contribution in [-0.4, -0.2) is 26.7 Å². The Morgan fingerprint density at radius 3 is 3.12 bits per heavy atom. The Hall–Kier alpha value is -1.43. The number of nitrogens with one attached hydrogen (secondary N) is 1. The fourth-order valence-electron chi connectivity index (χ4n) is 2.25. The van der Waals surface area contributed by atoms with Gasteiger partial charge in [-0.05, 0) is 26.2 Å². The molecule has 6 heteroatoms. The molecule has 0 aromatic carbocycles. The van der Waals surface area contributed by atoms with Gasteiger partial charge in [0.15, 0.2) is 5.82 Å². The highest BCUT2D eigenvalue weighted by molar-refractivity contribution is 5.78. The third-order valence-corrected chi connectivity index (χ3v) is 3.30. The lowest BCUT2D eigenvalue weighted by Gasteiger charge is -2.10. The van der Waals surface area contributed by atoms with Crippen molar-refractivity contribution in [1.82, 2.24) is 20.1 Å². The van der Waals surface area contributed by atoms with E-state index in [0.717, 1.165) is 31.6 Å². The highest BCUT2D eigenvalue weighted by atomic mass is 16.1. The van der Waals surface area contributed by atoms with Gasteiger partial charge in [0.25, 0.3) is 0 Å². The second kappa shape index (κ2) is 5.27. The largest absolute Gasteiger partial charge is 0.349 e. The van der Waals surface area contributed by atoms with Crippen LogP contribution in [0, 0.1) is 5.92 Å². The molecule has 6 nitrogen and oxygen atoms in total. The number of hydrogen-bond acceptors (Lipinski definition) is 4. The lowest BCUT2D eigenvalue weighted by molar-refractivity contribution is -0.125. The monoisotopic (exact) mass is 237 g/mol. The van der Waals surface area contributed by atoms with Crippen LogP contribution in [0.4, 0.5) is 0 Å². The summed E-state index contributed by atoms with van der Waals surface area (Å²) in [5, 5.41) is 10.7. The van der Waals surface area contributed by atoms with Crippen molar-refractivity contribution in [3.63, 3.8) is 0 Å². The number of amides is 1. The van der Waals surface area contributed by atoms with Crippen molar-refractivity contribution < 1.29 is 4.79 Å². The van der Waals surface area contributed by atoms with E-state index in [1.54, 1.807) is 6.33 Å². The molecule has 2 rings (SSSR count). The summed E-state index contributed by atoms with van der Waals surface area (Å²) in [4.78, 5) is 11.9. The number of nitrogens with zero attached hydrogens (tertiary/aromatic N) is 3. The van der Waals surface area contributed by atoms with E-state index in [1.807, 2.05) is 11.5 Å². The Labute approximate surface area is 101 Å². The minimum atomic E-state index is 0.0722. The molecule has 0 aliphatic heterocycles. The molecule has 94 valence electrons. The van der Waals surface area contributed by atoms with Gasteiger partial charge in [0.1, 0.15) is 6.33 Å². The quantitative estimate of drug-likeness (QED) is 0.774. The molecule has 1 heterocycles. The summed E-state index contributed by atoms with van der Waals surface area (Å²) in [6, 6.07) is 0.185. The van der Waals surface area contributed by atoms with Crippen LogP contribution in [-0.2, 0) is 17.9 Å². The highest BCUT2D eigenvalue weighted by Crippen LogP contribution is 2.24. The van der Waals surface area contributed by atoms with Crippen molar-refractivity contribution >= 4 is 5.91 Å². The number of carbonyl (C=O) groups is 1. The summed E-state index contributed by atoms with van der Waals surface area (Å²) in [6.45, 7) is 3.27. The Morgan fingerprint density at radius 1 is 1.65 bits per heavy atom. The number of carbonyl (C=O) groups excluding carboxylic acids is 1. The van der Waals surface area contributed by atoms with Crippen LogP contribution in [0.5, 0.6) is 0 Å². The van der Waals surface area contributed by atoms with Gasteiger partial charge in [-0.15, -0.1) is 10.2 Å². The molecular formula is C11H19N5O. The molecule has 2 unspecified atom stereocenters. The highest BCUT2D eigenvalue weighted by Gasteiger charge is 2.27. The number of aryl methyl sites for hydroxylation is 1. The van der Waals surface area contributed by atoms with E-state index >= 15 is 0 Å². The van der Waals surface area contributed by atoms with Gasteiger partial charge in [-0.2, -0.15) is 0 Å². The summed E-state index contributed by atoms with van der Waals surface area (Å²) in [5.74, 6) is 0.953. The van der Waals surface area contributed by atoms with Crippen LogP contribution >= 0.6 is 0 Å². The lowest BCUT2D eigenvalue weighted by atomic mass is 10.1. The number of rotatable bonds is 4. The lowest BCUT2D eigenvalue weighted by Crippen LogP contribution is -2.31. The maximum absolute atomic E-state index is 11.9. The van der Waals surface area contributed by atoms with E-state index in [1.165, 1.54) is 0 Å². The average Bonchev–Trinajstić information content (AvgIpc) is 2.94. The molecule has 1 aromatic heterocycles. The predicted molar refractivity (Wildman–Crippen MR) is 62.9 cm³/mol. The zero-order valence-corrected chi connectivity index (χ0v) is 10.1. The van der Waals surface area contributed by atoms with Gasteiger partial charge in [-0.1, -0.05) is 0 Å². The first-order valence-corrected chi connectivity index (χ1v) is 6.10. The smallest absolute Gasteiger partial charge is 0.223 e. The Bertz CT molecular complexity index is 389. The van der Waals surface area contributed by atoms with Gasteiger partial charge in [-0.3, -0.25) is 4.79 Å². The molecule has 1 aliphatic carbocycles. The molecule has 0 radical (unpaired) electrons. The molecule has 2 atom stereocenters. The maximum atomic E-state index is 11.9. The van der Waals surface area contributed by atoms with Crippen molar-refractivity contribution in [2.45, 2.75) is 45.3 Å². The fourth-order valence-corrected chi connectivity index (χ4v) is 2.25.